The maximum atomic E-state index is 7.23. The van der Waals surface area contributed by atoms with Gasteiger partial charge in [-0.2, -0.15) is 0 Å². The van der Waals surface area contributed by atoms with Gasteiger partial charge < -0.3 is 4.43 Å². The van der Waals surface area contributed by atoms with Crippen molar-refractivity contribution in [3.05, 3.63) is 41.0 Å². The molecule has 0 aromatic heterocycles. The van der Waals surface area contributed by atoms with Gasteiger partial charge in [-0.25, -0.2) is 0 Å². The van der Waals surface area contributed by atoms with Crippen LogP contribution in [0.2, 0.25) is 16.1 Å². The highest BCUT2D eigenvalue weighted by molar-refractivity contribution is 6.80. The average molecular weight is 427 g/mol. The zero-order valence-corrected chi connectivity index (χ0v) is 22.4. The molecule has 1 aromatic carbocycles. The van der Waals surface area contributed by atoms with Crippen molar-refractivity contribution in [2.45, 2.75) is 116 Å². The molecule has 0 amide bonds. The second kappa shape index (κ2) is 7.83. The van der Waals surface area contributed by atoms with Crippen LogP contribution in [0.4, 0.5) is 0 Å². The van der Waals surface area contributed by atoms with E-state index in [9.17, 15) is 0 Å². The number of rotatable bonds is 4. The fourth-order valence-corrected chi connectivity index (χ4v) is 12.7. The summed E-state index contributed by atoms with van der Waals surface area (Å²) >= 11 is 0. The number of aryl methyl sites for hydroxylation is 1. The van der Waals surface area contributed by atoms with E-state index in [0.29, 0.717) is 17.3 Å². The van der Waals surface area contributed by atoms with Crippen LogP contribution in [0.25, 0.3) is 0 Å². The molecule has 0 saturated carbocycles. The van der Waals surface area contributed by atoms with Crippen molar-refractivity contribution in [2.75, 3.05) is 0 Å². The van der Waals surface area contributed by atoms with Crippen LogP contribution in [0.3, 0.4) is 0 Å². The maximum Gasteiger partial charge on any atom is 0.262 e. The highest BCUT2D eigenvalue weighted by Gasteiger charge is 2.57. The Hall–Kier alpha value is -1.02. The number of hydrogen-bond donors (Lipinski definition) is 0. The van der Waals surface area contributed by atoms with Crippen molar-refractivity contribution in [2.24, 2.45) is 11.8 Å². The molecule has 2 atom stereocenters. The van der Waals surface area contributed by atoms with E-state index >= 15 is 0 Å². The summed E-state index contributed by atoms with van der Waals surface area (Å²) in [6.45, 7) is 24.0. The van der Waals surface area contributed by atoms with Gasteiger partial charge in [-0.05, 0) is 89.2 Å². The Kier molecular flexibility index (Phi) is 6.17. The van der Waals surface area contributed by atoms with E-state index < -0.39 is 8.32 Å². The Morgan fingerprint density at radius 1 is 1.10 bits per heavy atom. The average Bonchev–Trinajstić information content (AvgIpc) is 2.58. The van der Waals surface area contributed by atoms with Gasteiger partial charge in [-0.1, -0.05) is 80.0 Å². The van der Waals surface area contributed by atoms with Gasteiger partial charge in [0.2, 0.25) is 0 Å². The third kappa shape index (κ3) is 3.94. The first kappa shape index (κ1) is 23.6. The second-order valence-electron chi connectivity index (χ2n) is 12.8. The molecule has 3 rings (SSSR count). The van der Waals surface area contributed by atoms with Crippen LogP contribution in [-0.2, 0) is 11.8 Å². The summed E-state index contributed by atoms with van der Waals surface area (Å²) in [6.07, 6.45) is 7.44. The van der Waals surface area contributed by atoms with Crippen molar-refractivity contribution >= 4 is 8.32 Å². The van der Waals surface area contributed by atoms with E-state index in [1.165, 1.54) is 37.3 Å². The summed E-state index contributed by atoms with van der Waals surface area (Å²) in [4.78, 5) is 0. The SMILES string of the molecule is CC1=CCC[C@]2(C)c3ccc(O[Si](CC(C)C)(C(C)(C)C)C(C)(C)C)cc3CC[C@@H]12. The summed E-state index contributed by atoms with van der Waals surface area (Å²) < 4.78 is 7.23. The first-order chi connectivity index (χ1) is 13.7. The molecule has 0 fully saturated rings. The predicted molar refractivity (Wildman–Crippen MR) is 134 cm³/mol. The minimum atomic E-state index is -2.12. The number of benzene rings is 1. The highest BCUT2D eigenvalue weighted by Crippen LogP contribution is 2.56. The van der Waals surface area contributed by atoms with E-state index in [2.05, 4.69) is 93.5 Å². The number of allylic oxidation sites excluding steroid dienone is 2. The summed E-state index contributed by atoms with van der Waals surface area (Å²) in [5.74, 6) is 2.48. The molecule has 0 unspecified atom stereocenters. The molecule has 0 saturated heterocycles. The molecule has 1 nitrogen and oxygen atoms in total. The maximum absolute atomic E-state index is 7.23. The smallest absolute Gasteiger partial charge is 0.262 e. The van der Waals surface area contributed by atoms with E-state index in [1.54, 1.807) is 11.1 Å². The topological polar surface area (TPSA) is 9.23 Å². The molecular weight excluding hydrogens is 380 g/mol. The molecule has 0 N–H and O–H groups in total. The monoisotopic (exact) mass is 426 g/mol. The van der Waals surface area contributed by atoms with Crippen molar-refractivity contribution in [1.82, 2.24) is 0 Å². The largest absolute Gasteiger partial charge is 0.542 e. The third-order valence-corrected chi connectivity index (χ3v) is 15.1. The first-order valence-corrected chi connectivity index (χ1v) is 14.3. The summed E-state index contributed by atoms with van der Waals surface area (Å²) in [6, 6.07) is 8.35. The Morgan fingerprint density at radius 3 is 2.30 bits per heavy atom. The Balaban J connectivity index is 2.02. The molecule has 0 spiro atoms. The fourth-order valence-electron chi connectivity index (χ4n) is 6.85. The molecule has 1 aromatic rings. The third-order valence-electron chi connectivity index (χ3n) is 8.25. The van der Waals surface area contributed by atoms with E-state index in [1.807, 2.05) is 0 Å². The fraction of sp³-hybridized carbons (Fsp3) is 0.714. The van der Waals surface area contributed by atoms with Gasteiger partial charge in [0, 0.05) is 0 Å². The molecule has 0 heterocycles. The van der Waals surface area contributed by atoms with Gasteiger partial charge in [0.1, 0.15) is 5.75 Å². The molecule has 2 aliphatic rings. The number of fused-ring (bicyclic) bond motifs is 3. The van der Waals surface area contributed by atoms with Gasteiger partial charge in [-0.3, -0.25) is 0 Å². The Morgan fingerprint density at radius 2 is 1.73 bits per heavy atom. The first-order valence-electron chi connectivity index (χ1n) is 12.2. The van der Waals surface area contributed by atoms with Gasteiger partial charge in [0.15, 0.2) is 0 Å². The van der Waals surface area contributed by atoms with E-state index in [-0.39, 0.29) is 10.1 Å². The summed E-state index contributed by atoms with van der Waals surface area (Å²) in [5, 5.41) is 0.349. The van der Waals surface area contributed by atoms with Gasteiger partial charge >= 0.3 is 0 Å². The van der Waals surface area contributed by atoms with Crippen LogP contribution in [-0.4, -0.2) is 8.32 Å². The minimum absolute atomic E-state index is 0.174. The van der Waals surface area contributed by atoms with Gasteiger partial charge in [0.25, 0.3) is 8.32 Å². The molecule has 30 heavy (non-hydrogen) atoms. The number of hydrogen-bond acceptors (Lipinski definition) is 1. The Bertz CT molecular complexity index is 791. The lowest BCUT2D eigenvalue weighted by atomic mass is 9.58. The van der Waals surface area contributed by atoms with Crippen LogP contribution >= 0.6 is 0 Å². The summed E-state index contributed by atoms with van der Waals surface area (Å²) in [5.41, 5.74) is 5.03. The van der Waals surface area contributed by atoms with Crippen LogP contribution < -0.4 is 4.43 Å². The van der Waals surface area contributed by atoms with E-state index in [4.69, 9.17) is 4.43 Å². The molecule has 0 bridgehead atoms. The highest BCUT2D eigenvalue weighted by atomic mass is 28.4. The molecule has 2 aliphatic carbocycles. The standard InChI is InChI=1S/C28H46OSi/c1-20(2)19-30(26(4,5)6,27(7,8)9)29-23-14-16-25-22(18-23)13-15-24-21(3)12-11-17-28(24,25)10/h12,14,16,18,20,24H,11,13,15,17,19H2,1-10H3/t24-,28-/m0/s1. The Labute approximate surface area is 187 Å². The summed E-state index contributed by atoms with van der Waals surface area (Å²) in [7, 11) is -2.12. The van der Waals surface area contributed by atoms with Gasteiger partial charge in [0.05, 0.1) is 0 Å². The molecular formula is C28H46OSi. The van der Waals surface area contributed by atoms with Crippen molar-refractivity contribution < 1.29 is 4.43 Å². The molecule has 0 aliphatic heterocycles. The van der Waals surface area contributed by atoms with Crippen LogP contribution in [0.1, 0.15) is 99.6 Å². The molecule has 168 valence electrons. The zero-order valence-electron chi connectivity index (χ0n) is 21.4. The van der Waals surface area contributed by atoms with Crippen molar-refractivity contribution in [3.63, 3.8) is 0 Å². The normalized spacial score (nSPS) is 24.9. The molecule has 2 heteroatoms. The van der Waals surface area contributed by atoms with Crippen LogP contribution in [0, 0.1) is 11.8 Å². The van der Waals surface area contributed by atoms with Crippen molar-refractivity contribution in [3.8, 4) is 5.75 Å². The second-order valence-corrected chi connectivity index (χ2v) is 18.1. The minimum Gasteiger partial charge on any atom is -0.542 e. The van der Waals surface area contributed by atoms with Gasteiger partial charge in [-0.15, -0.1) is 0 Å². The lowest BCUT2D eigenvalue weighted by Gasteiger charge is -2.51. The predicted octanol–water partition coefficient (Wildman–Crippen LogP) is 8.83. The zero-order chi connectivity index (χ0) is 22.5. The molecule has 0 radical (unpaired) electrons. The van der Waals surface area contributed by atoms with Crippen molar-refractivity contribution in [1.29, 1.82) is 0 Å². The quantitative estimate of drug-likeness (QED) is 0.345. The lowest BCUT2D eigenvalue weighted by Crippen LogP contribution is -2.58. The van der Waals surface area contributed by atoms with Crippen LogP contribution in [0.5, 0.6) is 5.75 Å². The lowest BCUT2D eigenvalue weighted by molar-refractivity contribution is 0.261. The van der Waals surface area contributed by atoms with E-state index in [0.717, 1.165) is 5.75 Å². The van der Waals surface area contributed by atoms with Crippen LogP contribution in [0.15, 0.2) is 29.8 Å².